The van der Waals surface area contributed by atoms with Crippen molar-refractivity contribution in [3.63, 3.8) is 0 Å². The van der Waals surface area contributed by atoms with Crippen LogP contribution in [-0.4, -0.2) is 12.5 Å². The maximum Gasteiger partial charge on any atom is 0.262 e. The number of carbonyl (C=O) groups is 1. The Balaban J connectivity index is 2.09. The third-order valence-electron chi connectivity index (χ3n) is 3.23. The lowest BCUT2D eigenvalue weighted by Gasteiger charge is -2.07. The molecule has 0 saturated carbocycles. The molecule has 0 aromatic heterocycles. The molecule has 0 bridgehead atoms. The van der Waals surface area contributed by atoms with Gasteiger partial charge in [-0.3, -0.25) is 4.79 Å². The minimum absolute atomic E-state index is 0.0749. The molecule has 122 valence electrons. The van der Waals surface area contributed by atoms with Crippen molar-refractivity contribution in [1.82, 2.24) is 5.32 Å². The van der Waals surface area contributed by atoms with Gasteiger partial charge in [-0.05, 0) is 58.9 Å². The van der Waals surface area contributed by atoms with Crippen LogP contribution >= 0.6 is 22.6 Å². The molecule has 1 N–H and O–H groups in total. The third-order valence-corrected chi connectivity index (χ3v) is 4.07. The Morgan fingerprint density at radius 3 is 2.67 bits per heavy atom. The highest BCUT2D eigenvalue weighted by Crippen LogP contribution is 2.23. The number of amides is 1. The van der Waals surface area contributed by atoms with Crippen molar-refractivity contribution in [2.24, 2.45) is 0 Å². The minimum atomic E-state index is -0.384. The van der Waals surface area contributed by atoms with Gasteiger partial charge in [-0.1, -0.05) is 36.4 Å². The van der Waals surface area contributed by atoms with E-state index in [0.29, 0.717) is 13.2 Å². The van der Waals surface area contributed by atoms with Gasteiger partial charge in [0, 0.05) is 6.54 Å². The minimum Gasteiger partial charge on any atom is -0.493 e. The monoisotopic (exact) mass is 432 g/mol. The van der Waals surface area contributed by atoms with Crippen molar-refractivity contribution < 1.29 is 9.53 Å². The van der Waals surface area contributed by atoms with Crippen LogP contribution in [0, 0.1) is 14.9 Å². The van der Waals surface area contributed by atoms with Crippen LogP contribution in [0.2, 0.25) is 0 Å². The Kier molecular flexibility index (Phi) is 6.82. The maximum atomic E-state index is 12.2. The fraction of sp³-hybridized carbons (Fsp3) is 0.158. The first kappa shape index (κ1) is 18.0. The molecule has 0 aliphatic heterocycles. The van der Waals surface area contributed by atoms with Gasteiger partial charge in [-0.25, -0.2) is 0 Å². The number of halogens is 1. The van der Waals surface area contributed by atoms with E-state index in [1.165, 1.54) is 0 Å². The van der Waals surface area contributed by atoms with Crippen molar-refractivity contribution in [3.8, 4) is 11.8 Å². The third kappa shape index (κ3) is 5.10. The normalized spacial score (nSPS) is 10.8. The quantitative estimate of drug-likeness (QED) is 0.428. The topological polar surface area (TPSA) is 62.1 Å². The van der Waals surface area contributed by atoms with Crippen molar-refractivity contribution >= 4 is 34.6 Å². The van der Waals surface area contributed by atoms with E-state index >= 15 is 0 Å². The number of nitriles is 1. The highest BCUT2D eigenvalue weighted by Gasteiger charge is 2.09. The SMILES string of the molecule is CCOc1ccc(C=C(C#N)C(=O)NCc2ccccc2)cc1I. The standard InChI is InChI=1S/C19H17IN2O2/c1-2-24-18-9-8-15(11-17(18)20)10-16(12-21)19(23)22-13-14-6-4-3-5-7-14/h3-11H,2,13H2,1H3,(H,22,23). The first-order chi connectivity index (χ1) is 11.6. The number of rotatable bonds is 6. The lowest BCUT2D eigenvalue weighted by Crippen LogP contribution is -2.23. The van der Waals surface area contributed by atoms with Gasteiger partial charge in [0.1, 0.15) is 17.4 Å². The number of nitrogens with one attached hydrogen (secondary N) is 1. The van der Waals surface area contributed by atoms with Crippen molar-refractivity contribution in [3.05, 3.63) is 68.8 Å². The average molecular weight is 432 g/mol. The molecule has 2 aromatic rings. The smallest absolute Gasteiger partial charge is 0.262 e. The van der Waals surface area contributed by atoms with Crippen LogP contribution in [0.15, 0.2) is 54.1 Å². The van der Waals surface area contributed by atoms with Gasteiger partial charge in [0.2, 0.25) is 0 Å². The Morgan fingerprint density at radius 1 is 1.29 bits per heavy atom. The van der Waals surface area contributed by atoms with Crippen molar-refractivity contribution in [2.75, 3.05) is 6.61 Å². The summed E-state index contributed by atoms with van der Waals surface area (Å²) in [5.74, 6) is 0.410. The molecule has 0 radical (unpaired) electrons. The molecule has 4 nitrogen and oxygen atoms in total. The number of hydrogen-bond donors (Lipinski definition) is 1. The van der Waals surface area contributed by atoms with E-state index in [2.05, 4.69) is 27.9 Å². The zero-order chi connectivity index (χ0) is 17.4. The Morgan fingerprint density at radius 2 is 2.04 bits per heavy atom. The summed E-state index contributed by atoms with van der Waals surface area (Å²) in [7, 11) is 0. The lowest BCUT2D eigenvalue weighted by molar-refractivity contribution is -0.117. The molecular weight excluding hydrogens is 415 g/mol. The van der Waals surface area contributed by atoms with E-state index < -0.39 is 0 Å². The largest absolute Gasteiger partial charge is 0.493 e. The van der Waals surface area contributed by atoms with E-state index in [9.17, 15) is 10.1 Å². The van der Waals surface area contributed by atoms with E-state index in [4.69, 9.17) is 4.74 Å². The number of hydrogen-bond acceptors (Lipinski definition) is 3. The fourth-order valence-electron chi connectivity index (χ4n) is 2.07. The molecule has 0 aliphatic carbocycles. The van der Waals surface area contributed by atoms with Crippen LogP contribution in [0.1, 0.15) is 18.1 Å². The highest BCUT2D eigenvalue weighted by atomic mass is 127. The van der Waals surface area contributed by atoms with Gasteiger partial charge in [0.25, 0.3) is 5.91 Å². The summed E-state index contributed by atoms with van der Waals surface area (Å²) in [5, 5.41) is 12.0. The van der Waals surface area contributed by atoms with Crippen LogP contribution in [0.4, 0.5) is 0 Å². The van der Waals surface area contributed by atoms with Gasteiger partial charge in [-0.2, -0.15) is 5.26 Å². The van der Waals surface area contributed by atoms with Gasteiger partial charge in [-0.15, -0.1) is 0 Å². The van der Waals surface area contributed by atoms with Crippen LogP contribution in [0.5, 0.6) is 5.75 Å². The Bertz CT molecular complexity index is 780. The molecule has 0 fully saturated rings. The van der Waals surface area contributed by atoms with E-state index in [1.54, 1.807) is 6.08 Å². The summed E-state index contributed by atoms with van der Waals surface area (Å²) in [5.41, 5.74) is 1.85. The molecule has 0 spiro atoms. The number of benzene rings is 2. The number of nitrogens with zero attached hydrogens (tertiary/aromatic N) is 1. The average Bonchev–Trinajstić information content (AvgIpc) is 2.61. The highest BCUT2D eigenvalue weighted by molar-refractivity contribution is 14.1. The van der Waals surface area contributed by atoms with Gasteiger partial charge in [0.05, 0.1) is 10.2 Å². The molecular formula is C19H17IN2O2. The summed E-state index contributed by atoms with van der Waals surface area (Å²) in [6.45, 7) is 2.91. The Labute approximate surface area is 155 Å². The first-order valence-electron chi connectivity index (χ1n) is 7.50. The number of carbonyl (C=O) groups excluding carboxylic acids is 1. The van der Waals surface area contributed by atoms with Gasteiger partial charge >= 0.3 is 0 Å². The molecule has 2 rings (SSSR count). The summed E-state index contributed by atoms with van der Waals surface area (Å²) >= 11 is 2.17. The maximum absolute atomic E-state index is 12.2. The summed E-state index contributed by atoms with van der Waals surface area (Å²) in [6, 6.07) is 17.1. The predicted molar refractivity (Wildman–Crippen MR) is 102 cm³/mol. The summed E-state index contributed by atoms with van der Waals surface area (Å²) in [6.07, 6.45) is 1.58. The summed E-state index contributed by atoms with van der Waals surface area (Å²) in [4.78, 5) is 12.2. The van der Waals surface area contributed by atoms with E-state index in [1.807, 2.05) is 61.5 Å². The molecule has 24 heavy (non-hydrogen) atoms. The molecule has 0 heterocycles. The van der Waals surface area contributed by atoms with E-state index in [0.717, 1.165) is 20.4 Å². The Hall–Kier alpha value is -2.33. The van der Waals surface area contributed by atoms with Crippen LogP contribution in [0.3, 0.4) is 0 Å². The zero-order valence-electron chi connectivity index (χ0n) is 13.3. The second-order valence-corrected chi connectivity index (χ2v) is 6.12. The lowest BCUT2D eigenvalue weighted by atomic mass is 10.1. The summed E-state index contributed by atoms with van der Waals surface area (Å²) < 4.78 is 6.42. The van der Waals surface area contributed by atoms with Gasteiger partial charge in [0.15, 0.2) is 0 Å². The van der Waals surface area contributed by atoms with Crippen LogP contribution in [0.25, 0.3) is 6.08 Å². The second kappa shape index (κ2) is 9.08. The fourth-order valence-corrected chi connectivity index (χ4v) is 2.76. The molecule has 0 atom stereocenters. The predicted octanol–water partition coefficient (Wildman–Crippen LogP) is 3.91. The zero-order valence-corrected chi connectivity index (χ0v) is 15.4. The molecule has 0 unspecified atom stereocenters. The second-order valence-electron chi connectivity index (χ2n) is 4.96. The molecule has 0 saturated heterocycles. The van der Waals surface area contributed by atoms with Crippen molar-refractivity contribution in [1.29, 1.82) is 5.26 Å². The van der Waals surface area contributed by atoms with Crippen LogP contribution < -0.4 is 10.1 Å². The van der Waals surface area contributed by atoms with Crippen molar-refractivity contribution in [2.45, 2.75) is 13.5 Å². The molecule has 0 aliphatic rings. The number of ether oxygens (including phenoxy) is 1. The van der Waals surface area contributed by atoms with E-state index in [-0.39, 0.29) is 11.5 Å². The molecule has 2 aromatic carbocycles. The molecule has 1 amide bonds. The van der Waals surface area contributed by atoms with Gasteiger partial charge < -0.3 is 10.1 Å². The molecule has 5 heteroatoms. The van der Waals surface area contributed by atoms with Crippen LogP contribution in [-0.2, 0) is 11.3 Å². The first-order valence-corrected chi connectivity index (χ1v) is 8.58.